The van der Waals surface area contributed by atoms with E-state index in [2.05, 4.69) is 25.7 Å². The third-order valence-corrected chi connectivity index (χ3v) is 7.02. The van der Waals surface area contributed by atoms with Crippen LogP contribution in [0, 0.1) is 5.82 Å². The van der Waals surface area contributed by atoms with E-state index in [1.807, 2.05) is 12.1 Å². The van der Waals surface area contributed by atoms with Gasteiger partial charge in [0.15, 0.2) is 5.75 Å². The molecule has 0 saturated carbocycles. The number of fused-ring (bicyclic) bond motifs is 1. The van der Waals surface area contributed by atoms with Crippen molar-refractivity contribution in [2.45, 2.75) is 26.2 Å². The zero-order valence-corrected chi connectivity index (χ0v) is 23.0. The summed E-state index contributed by atoms with van der Waals surface area (Å²) in [5.74, 6) is -0.282. The fraction of sp³-hybridized carbons (Fsp3) is 0.276. The van der Waals surface area contributed by atoms with E-state index in [4.69, 9.17) is 21.1 Å². The van der Waals surface area contributed by atoms with E-state index in [9.17, 15) is 18.0 Å². The van der Waals surface area contributed by atoms with Crippen LogP contribution in [0.1, 0.15) is 33.9 Å². The maximum absolute atomic E-state index is 14.1. The quantitative estimate of drug-likeness (QED) is 0.222. The Hall–Kier alpha value is -4.09. The Morgan fingerprint density at radius 1 is 1.15 bits per heavy atom. The number of hydrogen-bond donors (Lipinski definition) is 0. The fourth-order valence-electron chi connectivity index (χ4n) is 4.62. The summed E-state index contributed by atoms with van der Waals surface area (Å²) in [6.45, 7) is -1.30. The molecule has 0 amide bonds. The Labute approximate surface area is 238 Å². The van der Waals surface area contributed by atoms with Gasteiger partial charge in [-0.25, -0.2) is 19.2 Å². The number of carbonyl (C=O) groups is 1. The van der Waals surface area contributed by atoms with E-state index >= 15 is 0 Å². The first kappa shape index (κ1) is 28.4. The molecule has 12 heteroatoms. The van der Waals surface area contributed by atoms with Gasteiger partial charge < -0.3 is 18.8 Å². The topological polar surface area (TPSA) is 78.7 Å². The van der Waals surface area contributed by atoms with Crippen LogP contribution in [0.25, 0.3) is 16.6 Å². The maximum atomic E-state index is 14.1. The molecule has 2 aromatic carbocycles. The number of methoxy groups -OCH3 is 1. The van der Waals surface area contributed by atoms with Gasteiger partial charge in [0.2, 0.25) is 5.88 Å². The lowest BCUT2D eigenvalue weighted by atomic mass is 10.0. The second-order valence-electron chi connectivity index (χ2n) is 9.40. The molecule has 8 nitrogen and oxygen atoms in total. The van der Waals surface area contributed by atoms with E-state index in [0.29, 0.717) is 53.9 Å². The summed E-state index contributed by atoms with van der Waals surface area (Å²) in [6, 6.07) is 12.6. The highest BCUT2D eigenvalue weighted by molar-refractivity contribution is 6.30. The Morgan fingerprint density at radius 3 is 2.68 bits per heavy atom. The van der Waals surface area contributed by atoms with Crippen molar-refractivity contribution in [2.75, 3.05) is 20.2 Å². The summed E-state index contributed by atoms with van der Waals surface area (Å²) in [4.78, 5) is 23.4. The molecule has 0 fully saturated rings. The van der Waals surface area contributed by atoms with Crippen molar-refractivity contribution in [3.05, 3.63) is 88.1 Å². The number of halogens is 4. The van der Waals surface area contributed by atoms with Crippen molar-refractivity contribution < 1.29 is 32.2 Å². The molecule has 0 unspecified atom stereocenters. The zero-order chi connectivity index (χ0) is 29.1. The van der Waals surface area contributed by atoms with Gasteiger partial charge >= 0.3 is 12.6 Å². The summed E-state index contributed by atoms with van der Waals surface area (Å²) in [5.41, 5.74) is 3.00. The molecule has 3 heterocycles. The van der Waals surface area contributed by atoms with Gasteiger partial charge in [-0.15, -0.1) is 0 Å². The number of aromatic nitrogens is 3. The molecule has 0 bridgehead atoms. The molecule has 41 heavy (non-hydrogen) atoms. The molecule has 0 radical (unpaired) electrons. The first-order valence-electron chi connectivity index (χ1n) is 12.7. The van der Waals surface area contributed by atoms with Crippen LogP contribution in [-0.2, 0) is 24.9 Å². The van der Waals surface area contributed by atoms with E-state index in [1.165, 1.54) is 19.2 Å². The highest BCUT2D eigenvalue weighted by Crippen LogP contribution is 2.31. The van der Waals surface area contributed by atoms with E-state index in [0.717, 1.165) is 11.3 Å². The highest BCUT2D eigenvalue weighted by Gasteiger charge is 2.22. The molecule has 0 saturated heterocycles. The van der Waals surface area contributed by atoms with Crippen LogP contribution >= 0.6 is 11.6 Å². The number of aryl methyl sites for hydroxylation is 1. The molecule has 0 spiro atoms. The lowest BCUT2D eigenvalue weighted by molar-refractivity contribution is -0.0489. The summed E-state index contributed by atoms with van der Waals surface area (Å²) >= 11 is 5.81. The molecule has 4 aromatic rings. The number of ether oxygens (including phenoxy) is 3. The Bertz CT molecular complexity index is 1630. The molecule has 214 valence electrons. The van der Waals surface area contributed by atoms with Crippen LogP contribution in [-0.4, -0.2) is 52.2 Å². The number of rotatable bonds is 9. The molecular formula is C29H26ClF3N4O4. The lowest BCUT2D eigenvalue weighted by Gasteiger charge is -2.25. The molecule has 0 N–H and O–H groups in total. The van der Waals surface area contributed by atoms with E-state index in [-0.39, 0.29) is 23.4 Å². The van der Waals surface area contributed by atoms with Crippen LogP contribution in [0.4, 0.5) is 13.2 Å². The van der Waals surface area contributed by atoms with Crippen LogP contribution in [0.3, 0.4) is 0 Å². The Kier molecular flexibility index (Phi) is 8.46. The number of esters is 1. The first-order chi connectivity index (χ1) is 19.7. The van der Waals surface area contributed by atoms with Crippen LogP contribution in [0.2, 0.25) is 5.02 Å². The van der Waals surface area contributed by atoms with E-state index in [1.54, 1.807) is 35.9 Å². The Balaban J connectivity index is 1.29. The largest absolute Gasteiger partial charge is 0.473 e. The summed E-state index contributed by atoms with van der Waals surface area (Å²) < 4.78 is 57.1. The standard InChI is InChI=1S/C29H26ClF3N4O4/c1-36-23-12-19(28(38)39-2)13-24(41-29(32)33)27(23)35-25(36)15-37-10-8-17(9-11-37)22-4-3-5-26(34-22)40-16-18-6-7-20(30)14-21(18)31/h3-8,12-14,29H,9-11,15-16H2,1-2H3. The lowest BCUT2D eigenvalue weighted by Crippen LogP contribution is -2.29. The number of carbonyl (C=O) groups excluding carboxylic acids is 1. The average Bonchev–Trinajstić information content (AvgIpc) is 3.27. The zero-order valence-electron chi connectivity index (χ0n) is 22.2. The van der Waals surface area contributed by atoms with Gasteiger partial charge in [0.25, 0.3) is 0 Å². The molecule has 1 aliphatic heterocycles. The monoisotopic (exact) mass is 586 g/mol. The number of benzene rings is 2. The van der Waals surface area contributed by atoms with Gasteiger partial charge in [-0.05, 0) is 42.3 Å². The predicted octanol–water partition coefficient (Wildman–Crippen LogP) is 6.02. The number of imidazole rings is 1. The maximum Gasteiger partial charge on any atom is 0.387 e. The minimum Gasteiger partial charge on any atom is -0.473 e. The SMILES string of the molecule is COC(=O)c1cc(OC(F)F)c2nc(CN3CC=C(c4cccc(OCc5ccc(Cl)cc5F)n4)CC3)n(C)c2c1. The van der Waals surface area contributed by atoms with Crippen LogP contribution in [0.5, 0.6) is 11.6 Å². The molecular weight excluding hydrogens is 561 g/mol. The van der Waals surface area contributed by atoms with Gasteiger partial charge in [-0.1, -0.05) is 29.8 Å². The molecule has 2 aromatic heterocycles. The predicted molar refractivity (Wildman–Crippen MR) is 147 cm³/mol. The molecule has 1 aliphatic rings. The van der Waals surface area contributed by atoms with Crippen molar-refractivity contribution in [2.24, 2.45) is 7.05 Å². The minimum atomic E-state index is -3.07. The van der Waals surface area contributed by atoms with E-state index < -0.39 is 18.4 Å². The van der Waals surface area contributed by atoms with Crippen molar-refractivity contribution >= 4 is 34.2 Å². The number of nitrogens with zero attached hydrogens (tertiary/aromatic N) is 4. The van der Waals surface area contributed by atoms with Gasteiger partial charge in [-0.3, -0.25) is 4.90 Å². The minimum absolute atomic E-state index is 0.0233. The fourth-order valence-corrected chi connectivity index (χ4v) is 4.78. The van der Waals surface area contributed by atoms with Gasteiger partial charge in [-0.2, -0.15) is 8.78 Å². The summed E-state index contributed by atoms with van der Waals surface area (Å²) in [6.07, 6.45) is 2.77. The molecule has 0 atom stereocenters. The number of hydrogen-bond acceptors (Lipinski definition) is 7. The number of alkyl halides is 2. The van der Waals surface area contributed by atoms with Crippen LogP contribution < -0.4 is 9.47 Å². The number of pyridine rings is 1. The van der Waals surface area contributed by atoms with Crippen molar-refractivity contribution in [1.82, 2.24) is 19.4 Å². The smallest absolute Gasteiger partial charge is 0.387 e. The third-order valence-electron chi connectivity index (χ3n) is 6.78. The second kappa shape index (κ2) is 12.2. The molecule has 5 rings (SSSR count). The van der Waals surface area contributed by atoms with Gasteiger partial charge in [0.1, 0.15) is 23.8 Å². The first-order valence-corrected chi connectivity index (χ1v) is 13.1. The van der Waals surface area contributed by atoms with Crippen LogP contribution in [0.15, 0.2) is 54.6 Å². The second-order valence-corrected chi connectivity index (χ2v) is 9.84. The average molecular weight is 587 g/mol. The summed E-state index contributed by atoms with van der Waals surface area (Å²) in [5, 5.41) is 0.319. The highest BCUT2D eigenvalue weighted by atomic mass is 35.5. The Morgan fingerprint density at radius 2 is 1.98 bits per heavy atom. The normalized spacial score (nSPS) is 13.9. The third kappa shape index (κ3) is 6.47. The summed E-state index contributed by atoms with van der Waals surface area (Å²) in [7, 11) is 2.97. The van der Waals surface area contributed by atoms with Crippen molar-refractivity contribution in [3.8, 4) is 11.6 Å². The van der Waals surface area contributed by atoms with Crippen molar-refractivity contribution in [1.29, 1.82) is 0 Å². The van der Waals surface area contributed by atoms with Crippen molar-refractivity contribution in [3.63, 3.8) is 0 Å². The van der Waals surface area contributed by atoms with Gasteiger partial charge in [0.05, 0.1) is 30.4 Å². The molecule has 0 aliphatic carbocycles. The van der Waals surface area contributed by atoms with Gasteiger partial charge in [0, 0.05) is 36.8 Å².